The summed E-state index contributed by atoms with van der Waals surface area (Å²) in [6, 6.07) is 5.76. The van der Waals surface area contributed by atoms with Crippen molar-refractivity contribution in [3.05, 3.63) is 30.1 Å². The largest absolute Gasteiger partial charge is 0.486 e. The van der Waals surface area contributed by atoms with Crippen LogP contribution in [0.5, 0.6) is 11.5 Å². The Morgan fingerprint density at radius 1 is 1.31 bits per heavy atom. The van der Waals surface area contributed by atoms with Crippen molar-refractivity contribution in [1.82, 2.24) is 20.1 Å². The number of nitrogens with one attached hydrogen (secondary N) is 1. The van der Waals surface area contributed by atoms with Crippen LogP contribution in [0.3, 0.4) is 0 Å². The average Bonchev–Trinajstić information content (AvgIpc) is 3.11. The predicted octanol–water partition coefficient (Wildman–Crippen LogP) is 2.67. The number of ether oxygens (including phenoxy) is 2. The van der Waals surface area contributed by atoms with E-state index < -0.39 is 0 Å². The molecule has 2 heterocycles. The van der Waals surface area contributed by atoms with E-state index in [0.717, 1.165) is 28.8 Å². The minimum Gasteiger partial charge on any atom is -0.486 e. The molecule has 1 aliphatic heterocycles. The number of benzene rings is 1. The molecule has 140 valence electrons. The van der Waals surface area contributed by atoms with Crippen LogP contribution in [0, 0.1) is 5.92 Å². The number of aromatic nitrogens is 3. The first-order valence-electron chi connectivity index (χ1n) is 8.78. The van der Waals surface area contributed by atoms with E-state index in [4.69, 9.17) is 9.47 Å². The maximum atomic E-state index is 12.5. The van der Waals surface area contributed by atoms with Crippen molar-refractivity contribution in [2.75, 3.05) is 19.0 Å². The molecule has 1 N–H and O–H groups in total. The van der Waals surface area contributed by atoms with Crippen LogP contribution in [0.2, 0.25) is 0 Å². The molecule has 0 bridgehead atoms. The summed E-state index contributed by atoms with van der Waals surface area (Å²) in [6.07, 6.45) is 1.67. The lowest BCUT2D eigenvalue weighted by atomic mass is 9.95. The zero-order valence-corrected chi connectivity index (χ0v) is 16.1. The predicted molar refractivity (Wildman–Crippen MR) is 99.6 cm³/mol. The third kappa shape index (κ3) is 4.30. The fourth-order valence-electron chi connectivity index (χ4n) is 2.81. The van der Waals surface area contributed by atoms with Crippen molar-refractivity contribution in [1.29, 1.82) is 0 Å². The number of aryl methyl sites for hydroxylation is 1. The summed E-state index contributed by atoms with van der Waals surface area (Å²) < 4.78 is 13.1. The highest BCUT2D eigenvalue weighted by atomic mass is 32.2. The Kier molecular flexibility index (Phi) is 6.03. The highest BCUT2D eigenvalue weighted by molar-refractivity contribution is 7.99. The Labute approximate surface area is 157 Å². The van der Waals surface area contributed by atoms with Gasteiger partial charge in [-0.3, -0.25) is 4.79 Å². The van der Waals surface area contributed by atoms with Crippen LogP contribution >= 0.6 is 11.8 Å². The molecule has 1 atom stereocenters. The highest BCUT2D eigenvalue weighted by Crippen LogP contribution is 2.34. The lowest BCUT2D eigenvalue weighted by molar-refractivity contribution is -0.119. The van der Waals surface area contributed by atoms with Gasteiger partial charge in [-0.05, 0) is 30.5 Å². The van der Waals surface area contributed by atoms with E-state index in [9.17, 15) is 4.79 Å². The minimum atomic E-state index is -0.0945. The van der Waals surface area contributed by atoms with Crippen LogP contribution in [-0.2, 0) is 11.3 Å². The van der Waals surface area contributed by atoms with Gasteiger partial charge in [-0.15, -0.1) is 10.2 Å². The van der Waals surface area contributed by atoms with E-state index in [2.05, 4.69) is 29.4 Å². The average molecular weight is 376 g/mol. The van der Waals surface area contributed by atoms with Crippen LogP contribution in [0.15, 0.2) is 29.7 Å². The summed E-state index contributed by atoms with van der Waals surface area (Å²) in [5.74, 6) is 1.99. The topological polar surface area (TPSA) is 78.3 Å². The molecular formula is C18H24N4O3S. The molecule has 0 fully saturated rings. The molecule has 26 heavy (non-hydrogen) atoms. The van der Waals surface area contributed by atoms with Gasteiger partial charge >= 0.3 is 0 Å². The van der Waals surface area contributed by atoms with E-state index in [-0.39, 0.29) is 17.9 Å². The Bertz CT molecular complexity index is 763. The number of carbonyl (C=O) groups excluding carboxylic acids is 1. The molecule has 1 aromatic heterocycles. The minimum absolute atomic E-state index is 0.0331. The fraction of sp³-hybridized carbons (Fsp3) is 0.500. The molecule has 0 spiro atoms. The maximum Gasteiger partial charge on any atom is 0.230 e. The summed E-state index contributed by atoms with van der Waals surface area (Å²) in [6.45, 7) is 8.08. The Morgan fingerprint density at radius 2 is 2.08 bits per heavy atom. The third-order valence-electron chi connectivity index (χ3n) is 4.16. The van der Waals surface area contributed by atoms with Crippen molar-refractivity contribution in [3.8, 4) is 11.5 Å². The summed E-state index contributed by atoms with van der Waals surface area (Å²) in [7, 11) is 0. The van der Waals surface area contributed by atoms with E-state index in [1.807, 2.05) is 29.7 Å². The number of rotatable bonds is 7. The number of amides is 1. The van der Waals surface area contributed by atoms with Crippen molar-refractivity contribution < 1.29 is 14.3 Å². The number of hydrogen-bond acceptors (Lipinski definition) is 6. The third-order valence-corrected chi connectivity index (χ3v) is 5.14. The van der Waals surface area contributed by atoms with Crippen LogP contribution < -0.4 is 14.8 Å². The second-order valence-corrected chi connectivity index (χ2v) is 7.32. The van der Waals surface area contributed by atoms with Gasteiger partial charge in [0.1, 0.15) is 19.5 Å². The van der Waals surface area contributed by atoms with Gasteiger partial charge in [0.15, 0.2) is 16.7 Å². The Balaban J connectivity index is 1.65. The highest BCUT2D eigenvalue weighted by Gasteiger charge is 2.21. The first-order valence-corrected chi connectivity index (χ1v) is 9.76. The number of thioether (sulfide) groups is 1. The van der Waals surface area contributed by atoms with Gasteiger partial charge in [0.2, 0.25) is 5.91 Å². The second-order valence-electron chi connectivity index (χ2n) is 6.38. The standard InChI is InChI=1S/C18H24N4O3S/c1-4-22-11-19-21-18(22)26-10-16(23)20-17(12(2)3)13-5-6-14-15(9-13)25-8-7-24-14/h5-6,9,11-12,17H,4,7-8,10H2,1-3H3,(H,20,23). The molecule has 0 saturated heterocycles. The van der Waals surface area contributed by atoms with Gasteiger partial charge in [-0.25, -0.2) is 0 Å². The molecule has 0 saturated carbocycles. The first kappa shape index (κ1) is 18.6. The quantitative estimate of drug-likeness (QED) is 0.749. The van der Waals surface area contributed by atoms with Crippen molar-refractivity contribution >= 4 is 17.7 Å². The summed E-state index contributed by atoms with van der Waals surface area (Å²) >= 11 is 1.39. The van der Waals surface area contributed by atoms with Crippen LogP contribution in [0.25, 0.3) is 0 Å². The molecule has 1 aliphatic rings. The molecule has 1 unspecified atom stereocenters. The monoisotopic (exact) mass is 376 g/mol. The smallest absolute Gasteiger partial charge is 0.230 e. The van der Waals surface area contributed by atoms with E-state index >= 15 is 0 Å². The number of hydrogen-bond donors (Lipinski definition) is 1. The fourth-order valence-corrected chi connectivity index (χ4v) is 3.60. The normalized spacial score (nSPS) is 14.3. The lowest BCUT2D eigenvalue weighted by Gasteiger charge is -2.25. The van der Waals surface area contributed by atoms with Gasteiger partial charge in [0.05, 0.1) is 11.8 Å². The Morgan fingerprint density at radius 3 is 2.81 bits per heavy atom. The molecule has 0 radical (unpaired) electrons. The van der Waals surface area contributed by atoms with Gasteiger partial charge in [0, 0.05) is 6.54 Å². The van der Waals surface area contributed by atoms with Crippen molar-refractivity contribution in [3.63, 3.8) is 0 Å². The second kappa shape index (κ2) is 8.44. The SMILES string of the molecule is CCn1cnnc1SCC(=O)NC(c1ccc2c(c1)OCCO2)C(C)C. The molecule has 3 rings (SSSR count). The summed E-state index contributed by atoms with van der Waals surface area (Å²) in [5.41, 5.74) is 1.01. The van der Waals surface area contributed by atoms with E-state index in [0.29, 0.717) is 19.0 Å². The van der Waals surface area contributed by atoms with Crippen LogP contribution in [0.1, 0.15) is 32.4 Å². The first-order chi connectivity index (χ1) is 12.6. The number of carbonyl (C=O) groups is 1. The molecule has 0 aliphatic carbocycles. The molecular weight excluding hydrogens is 352 g/mol. The van der Waals surface area contributed by atoms with Crippen LogP contribution in [0.4, 0.5) is 0 Å². The molecule has 1 amide bonds. The van der Waals surface area contributed by atoms with Gasteiger partial charge in [0.25, 0.3) is 0 Å². The Hall–Kier alpha value is -2.22. The zero-order chi connectivity index (χ0) is 18.5. The molecule has 1 aromatic carbocycles. The van der Waals surface area contributed by atoms with Crippen LogP contribution in [-0.4, -0.2) is 39.6 Å². The van der Waals surface area contributed by atoms with Gasteiger partial charge in [-0.2, -0.15) is 0 Å². The van der Waals surface area contributed by atoms with Crippen molar-refractivity contribution in [2.24, 2.45) is 5.92 Å². The zero-order valence-electron chi connectivity index (χ0n) is 15.3. The number of fused-ring (bicyclic) bond motifs is 1. The molecule has 8 heteroatoms. The van der Waals surface area contributed by atoms with Gasteiger partial charge in [-0.1, -0.05) is 31.7 Å². The maximum absolute atomic E-state index is 12.5. The molecule has 2 aromatic rings. The van der Waals surface area contributed by atoms with Crippen molar-refractivity contribution in [2.45, 2.75) is 38.5 Å². The molecule has 7 nitrogen and oxygen atoms in total. The summed E-state index contributed by atoms with van der Waals surface area (Å²) in [4.78, 5) is 12.5. The van der Waals surface area contributed by atoms with E-state index in [1.165, 1.54) is 11.8 Å². The summed E-state index contributed by atoms with van der Waals surface area (Å²) in [5, 5.41) is 11.8. The number of nitrogens with zero attached hydrogens (tertiary/aromatic N) is 3. The lowest BCUT2D eigenvalue weighted by Crippen LogP contribution is -2.33. The van der Waals surface area contributed by atoms with E-state index in [1.54, 1.807) is 6.33 Å². The van der Waals surface area contributed by atoms with Gasteiger partial charge < -0.3 is 19.4 Å².